The zero-order valence-corrected chi connectivity index (χ0v) is 16.2. The lowest BCUT2D eigenvalue weighted by Crippen LogP contribution is -2.38. The number of hydroxylamine groups is 2. The van der Waals surface area contributed by atoms with E-state index < -0.39 is 5.54 Å². The van der Waals surface area contributed by atoms with Crippen LogP contribution in [-0.2, 0) is 0 Å². The Kier molecular flexibility index (Phi) is 15.3. The van der Waals surface area contributed by atoms with Crippen molar-refractivity contribution in [2.45, 2.75) is 129 Å². The maximum Gasteiger partial charge on any atom is 0.0676 e. The second-order valence-corrected chi connectivity index (χ2v) is 7.80. The van der Waals surface area contributed by atoms with Crippen molar-refractivity contribution in [3.05, 3.63) is 0 Å². The summed E-state index contributed by atoms with van der Waals surface area (Å²) in [6, 6.07) is 0. The number of rotatable bonds is 17. The third-order valence-corrected chi connectivity index (χ3v) is 4.93. The zero-order chi connectivity index (χ0) is 17.4. The Hall–Kier alpha value is -0.120. The van der Waals surface area contributed by atoms with Crippen LogP contribution >= 0.6 is 0 Å². The van der Waals surface area contributed by atoms with Crippen LogP contribution in [0, 0.1) is 0 Å². The van der Waals surface area contributed by atoms with Crippen molar-refractivity contribution in [3.63, 3.8) is 0 Å². The molecular formula is C20H43NO2. The summed E-state index contributed by atoms with van der Waals surface area (Å²) >= 11 is 0. The van der Waals surface area contributed by atoms with Gasteiger partial charge in [0.05, 0.1) is 5.54 Å². The molecule has 0 unspecified atom stereocenters. The van der Waals surface area contributed by atoms with Crippen molar-refractivity contribution in [1.29, 1.82) is 0 Å². The quantitative estimate of drug-likeness (QED) is 0.221. The minimum atomic E-state index is -0.517. The maximum atomic E-state index is 9.08. The molecule has 3 heteroatoms. The average Bonchev–Trinajstić information content (AvgIpc) is 2.51. The van der Waals surface area contributed by atoms with Crippen LogP contribution in [0.2, 0.25) is 0 Å². The van der Waals surface area contributed by atoms with Crippen LogP contribution in [0.3, 0.4) is 0 Å². The fourth-order valence-corrected chi connectivity index (χ4v) is 3.03. The molecule has 0 spiro atoms. The van der Waals surface area contributed by atoms with Gasteiger partial charge < -0.3 is 0 Å². The first-order valence-corrected chi connectivity index (χ1v) is 10.2. The van der Waals surface area contributed by atoms with Gasteiger partial charge in [0.1, 0.15) is 0 Å². The van der Waals surface area contributed by atoms with E-state index in [9.17, 15) is 0 Å². The lowest BCUT2D eigenvalue weighted by molar-refractivity contribution is -0.357. The molecule has 0 aromatic heterocycles. The molecule has 0 fully saturated rings. The molecule has 0 rings (SSSR count). The van der Waals surface area contributed by atoms with Gasteiger partial charge in [0.15, 0.2) is 0 Å². The molecule has 0 amide bonds. The Morgan fingerprint density at radius 1 is 0.565 bits per heavy atom. The SMILES string of the molecule is CCCCCCCCCCCCCCCCCC(C)(C)N(O)O. The van der Waals surface area contributed by atoms with Crippen LogP contribution in [0.25, 0.3) is 0 Å². The van der Waals surface area contributed by atoms with E-state index in [0.29, 0.717) is 5.23 Å². The van der Waals surface area contributed by atoms with E-state index in [-0.39, 0.29) is 0 Å². The van der Waals surface area contributed by atoms with Gasteiger partial charge >= 0.3 is 0 Å². The smallest absolute Gasteiger partial charge is 0.0676 e. The van der Waals surface area contributed by atoms with E-state index >= 15 is 0 Å². The van der Waals surface area contributed by atoms with Crippen LogP contribution < -0.4 is 0 Å². The van der Waals surface area contributed by atoms with Crippen LogP contribution in [0.4, 0.5) is 0 Å². The molecule has 0 saturated carbocycles. The number of unbranched alkanes of at least 4 members (excludes halogenated alkanes) is 14. The molecule has 3 nitrogen and oxygen atoms in total. The van der Waals surface area contributed by atoms with Gasteiger partial charge in [0, 0.05) is 0 Å². The van der Waals surface area contributed by atoms with E-state index in [1.807, 2.05) is 13.8 Å². The van der Waals surface area contributed by atoms with E-state index in [1.54, 1.807) is 0 Å². The van der Waals surface area contributed by atoms with E-state index in [4.69, 9.17) is 10.4 Å². The first kappa shape index (κ1) is 22.9. The monoisotopic (exact) mass is 329 g/mol. The maximum absolute atomic E-state index is 9.08. The minimum Gasteiger partial charge on any atom is -0.289 e. The lowest BCUT2D eigenvalue weighted by atomic mass is 9.96. The summed E-state index contributed by atoms with van der Waals surface area (Å²) < 4.78 is 0. The van der Waals surface area contributed by atoms with Crippen molar-refractivity contribution < 1.29 is 10.4 Å². The van der Waals surface area contributed by atoms with Gasteiger partial charge in [-0.2, -0.15) is 0 Å². The summed E-state index contributed by atoms with van der Waals surface area (Å²) in [7, 11) is 0. The van der Waals surface area contributed by atoms with Gasteiger partial charge in [-0.05, 0) is 20.3 Å². The fraction of sp³-hybridized carbons (Fsp3) is 1.00. The Labute approximate surface area is 145 Å². The van der Waals surface area contributed by atoms with Gasteiger partial charge in [0.25, 0.3) is 0 Å². The highest BCUT2D eigenvalue weighted by Gasteiger charge is 2.23. The molecule has 2 N–H and O–H groups in total. The highest BCUT2D eigenvalue weighted by molar-refractivity contribution is 4.71. The van der Waals surface area contributed by atoms with Crippen LogP contribution in [0.15, 0.2) is 0 Å². The highest BCUT2D eigenvalue weighted by Crippen LogP contribution is 2.20. The first-order valence-electron chi connectivity index (χ1n) is 10.2. The Bertz CT molecular complexity index is 242. The molecule has 0 bridgehead atoms. The lowest BCUT2D eigenvalue weighted by Gasteiger charge is -2.27. The average molecular weight is 330 g/mol. The van der Waals surface area contributed by atoms with Gasteiger partial charge in [-0.25, -0.2) is 0 Å². The molecule has 0 aliphatic heterocycles. The third kappa shape index (κ3) is 15.2. The summed E-state index contributed by atoms with van der Waals surface area (Å²) in [5.74, 6) is 0. The molecule has 0 aliphatic rings. The number of hydrogen-bond donors (Lipinski definition) is 2. The second kappa shape index (κ2) is 15.4. The molecular weight excluding hydrogens is 286 g/mol. The zero-order valence-electron chi connectivity index (χ0n) is 16.2. The standard InChI is InChI=1S/C20H43NO2/c1-4-5-6-7-8-9-10-11-12-13-14-15-16-17-18-19-20(2,3)21(22)23/h22-23H,4-19H2,1-3H3. The summed E-state index contributed by atoms with van der Waals surface area (Å²) in [5, 5.41) is 18.5. The van der Waals surface area contributed by atoms with Crippen LogP contribution in [-0.4, -0.2) is 21.2 Å². The predicted octanol–water partition coefficient (Wildman–Crippen LogP) is 7.11. The Morgan fingerprint density at radius 2 is 0.870 bits per heavy atom. The molecule has 0 saturated heterocycles. The Morgan fingerprint density at radius 3 is 1.17 bits per heavy atom. The molecule has 0 aliphatic carbocycles. The summed E-state index contributed by atoms with van der Waals surface area (Å²) in [6.45, 7) is 5.99. The van der Waals surface area contributed by atoms with Gasteiger partial charge in [-0.1, -0.05) is 108 Å². The van der Waals surface area contributed by atoms with Crippen LogP contribution in [0.1, 0.15) is 124 Å². The molecule has 23 heavy (non-hydrogen) atoms. The van der Waals surface area contributed by atoms with Crippen molar-refractivity contribution in [2.24, 2.45) is 0 Å². The van der Waals surface area contributed by atoms with Crippen molar-refractivity contribution in [1.82, 2.24) is 5.23 Å². The molecule has 0 aromatic rings. The van der Waals surface area contributed by atoms with E-state index in [0.717, 1.165) is 12.8 Å². The van der Waals surface area contributed by atoms with Gasteiger partial charge in [0.2, 0.25) is 0 Å². The predicted molar refractivity (Wildman–Crippen MR) is 99.0 cm³/mol. The molecule has 0 heterocycles. The summed E-state index contributed by atoms with van der Waals surface area (Å²) in [4.78, 5) is 0. The van der Waals surface area contributed by atoms with Crippen LogP contribution in [0.5, 0.6) is 0 Å². The highest BCUT2D eigenvalue weighted by atomic mass is 16.8. The molecule has 0 radical (unpaired) electrons. The largest absolute Gasteiger partial charge is 0.289 e. The van der Waals surface area contributed by atoms with Crippen molar-refractivity contribution in [3.8, 4) is 0 Å². The Balaban J connectivity index is 3.14. The number of nitrogens with zero attached hydrogens (tertiary/aromatic N) is 1. The topological polar surface area (TPSA) is 43.7 Å². The fourth-order valence-electron chi connectivity index (χ4n) is 3.03. The molecule has 140 valence electrons. The molecule has 0 aromatic carbocycles. The van der Waals surface area contributed by atoms with Gasteiger partial charge in [-0.15, -0.1) is 0 Å². The summed E-state index contributed by atoms with van der Waals surface area (Å²) in [6.07, 6.45) is 21.2. The second-order valence-electron chi connectivity index (χ2n) is 7.80. The third-order valence-electron chi connectivity index (χ3n) is 4.93. The van der Waals surface area contributed by atoms with Gasteiger partial charge in [-0.3, -0.25) is 10.4 Å². The van der Waals surface area contributed by atoms with Crippen molar-refractivity contribution >= 4 is 0 Å². The van der Waals surface area contributed by atoms with E-state index in [2.05, 4.69) is 6.92 Å². The first-order chi connectivity index (χ1) is 11.0. The molecule has 0 atom stereocenters. The van der Waals surface area contributed by atoms with Crippen molar-refractivity contribution in [2.75, 3.05) is 0 Å². The minimum absolute atomic E-state index is 0.358. The summed E-state index contributed by atoms with van der Waals surface area (Å²) in [5.41, 5.74) is -0.517. The normalized spacial score (nSPS) is 12.3. The number of hydrogen-bond acceptors (Lipinski definition) is 3. The van der Waals surface area contributed by atoms with E-state index in [1.165, 1.54) is 89.9 Å².